The number of hydrogen-bond donors (Lipinski definition) is 1. The molecule has 0 unspecified atom stereocenters. The van der Waals surface area contributed by atoms with Crippen molar-refractivity contribution in [3.05, 3.63) is 98.0 Å². The number of nitrogens with one attached hydrogen (secondary N) is 1. The van der Waals surface area contributed by atoms with Gasteiger partial charge in [0.25, 0.3) is 11.8 Å². The predicted octanol–water partition coefficient (Wildman–Crippen LogP) is 5.63. The van der Waals surface area contributed by atoms with Gasteiger partial charge in [-0.25, -0.2) is 5.01 Å². The van der Waals surface area contributed by atoms with E-state index in [0.29, 0.717) is 23.4 Å². The summed E-state index contributed by atoms with van der Waals surface area (Å²) in [4.78, 5) is 35.4. The van der Waals surface area contributed by atoms with Gasteiger partial charge < -0.3 is 4.74 Å². The number of nitrogens with zero attached hydrogens (tertiary/aromatic N) is 2. The number of amides is 2. The molecule has 0 saturated carbocycles. The molecule has 0 bridgehead atoms. The molecule has 1 aliphatic heterocycles. The SMILES string of the molecule is O=C1NN(c2ccccc2)C(=O)C1=Cc1ccc(Oc2ccc(C(F)(F)F)cc2[N+](=O)[O-])c(Br)c1. The highest BCUT2D eigenvalue weighted by atomic mass is 79.9. The van der Waals surface area contributed by atoms with Crippen LogP contribution in [-0.4, -0.2) is 16.7 Å². The number of nitro groups is 1. The molecule has 3 aromatic rings. The smallest absolute Gasteiger partial charge is 0.416 e. The fourth-order valence-electron chi connectivity index (χ4n) is 3.21. The molecule has 0 aliphatic carbocycles. The number of hydrazine groups is 1. The van der Waals surface area contributed by atoms with Crippen LogP contribution in [0.1, 0.15) is 11.1 Å². The Hall–Kier alpha value is -4.19. The number of carbonyl (C=O) groups is 2. The lowest BCUT2D eigenvalue weighted by molar-refractivity contribution is -0.385. The number of alkyl halides is 3. The third-order valence-electron chi connectivity index (χ3n) is 4.88. The molecule has 0 aromatic heterocycles. The van der Waals surface area contributed by atoms with Gasteiger partial charge in [0.1, 0.15) is 11.3 Å². The average molecular weight is 548 g/mol. The molecule has 1 saturated heterocycles. The molecule has 2 amide bonds. The van der Waals surface area contributed by atoms with Crippen LogP contribution >= 0.6 is 15.9 Å². The van der Waals surface area contributed by atoms with Crippen LogP contribution in [0.25, 0.3) is 6.08 Å². The first-order valence-corrected chi connectivity index (χ1v) is 10.6. The lowest BCUT2D eigenvalue weighted by Gasteiger charge is -2.13. The molecule has 12 heteroatoms. The lowest BCUT2D eigenvalue weighted by Crippen LogP contribution is -2.35. The van der Waals surface area contributed by atoms with Crippen LogP contribution in [-0.2, 0) is 15.8 Å². The number of ether oxygens (including phenoxy) is 1. The maximum Gasteiger partial charge on any atom is 0.416 e. The quantitative estimate of drug-likeness (QED) is 0.193. The zero-order chi connectivity index (χ0) is 25.3. The van der Waals surface area contributed by atoms with E-state index in [0.717, 1.165) is 11.1 Å². The monoisotopic (exact) mass is 547 g/mol. The number of nitro benzene ring substituents is 1. The standard InChI is InChI=1S/C23H13BrF3N3O5/c24-17-11-13(10-16-21(31)28-29(22(16)32)15-4-2-1-3-5-15)6-8-19(17)35-20-9-7-14(23(25,26)27)12-18(20)30(33)34/h1-12H,(H,28,31). The first-order valence-electron chi connectivity index (χ1n) is 9.80. The van der Waals surface area contributed by atoms with Crippen LogP contribution in [0.15, 0.2) is 76.8 Å². The Bertz CT molecular complexity index is 1380. The molecule has 1 fully saturated rings. The molecular formula is C23H13BrF3N3O5. The summed E-state index contributed by atoms with van der Waals surface area (Å²) in [5.41, 5.74) is 1.24. The Morgan fingerprint density at radius 2 is 1.69 bits per heavy atom. The van der Waals surface area contributed by atoms with Crippen LogP contribution < -0.4 is 15.2 Å². The number of para-hydroxylation sites is 1. The van der Waals surface area contributed by atoms with E-state index in [2.05, 4.69) is 21.4 Å². The molecule has 35 heavy (non-hydrogen) atoms. The van der Waals surface area contributed by atoms with E-state index in [-0.39, 0.29) is 15.8 Å². The summed E-state index contributed by atoms with van der Waals surface area (Å²) in [6.45, 7) is 0. The first kappa shape index (κ1) is 24.0. The van der Waals surface area contributed by atoms with Crippen molar-refractivity contribution in [2.24, 2.45) is 0 Å². The fourth-order valence-corrected chi connectivity index (χ4v) is 3.69. The molecule has 1 heterocycles. The average Bonchev–Trinajstić information content (AvgIpc) is 3.09. The van der Waals surface area contributed by atoms with E-state index in [1.165, 1.54) is 24.3 Å². The van der Waals surface area contributed by atoms with Crippen molar-refractivity contribution < 1.29 is 32.4 Å². The van der Waals surface area contributed by atoms with Gasteiger partial charge in [0.15, 0.2) is 0 Å². The second-order valence-electron chi connectivity index (χ2n) is 7.20. The van der Waals surface area contributed by atoms with Crippen LogP contribution in [0.4, 0.5) is 24.5 Å². The van der Waals surface area contributed by atoms with E-state index < -0.39 is 39.9 Å². The van der Waals surface area contributed by atoms with Gasteiger partial charge in [-0.15, -0.1) is 0 Å². The maximum atomic E-state index is 12.9. The van der Waals surface area contributed by atoms with Crippen molar-refractivity contribution in [3.63, 3.8) is 0 Å². The van der Waals surface area contributed by atoms with Crippen molar-refractivity contribution in [1.82, 2.24) is 5.43 Å². The maximum absolute atomic E-state index is 12.9. The van der Waals surface area contributed by atoms with Crippen LogP contribution in [0.2, 0.25) is 0 Å². The van der Waals surface area contributed by atoms with Gasteiger partial charge in [-0.2, -0.15) is 13.2 Å². The molecule has 4 rings (SSSR count). The molecular weight excluding hydrogens is 535 g/mol. The minimum atomic E-state index is -4.75. The minimum Gasteiger partial charge on any atom is -0.449 e. The number of halogens is 4. The van der Waals surface area contributed by atoms with Gasteiger partial charge in [-0.3, -0.25) is 25.1 Å². The Morgan fingerprint density at radius 3 is 2.31 bits per heavy atom. The van der Waals surface area contributed by atoms with Gasteiger partial charge in [-0.1, -0.05) is 24.3 Å². The largest absolute Gasteiger partial charge is 0.449 e. The summed E-state index contributed by atoms with van der Waals surface area (Å²) in [5.74, 6) is -1.48. The van der Waals surface area contributed by atoms with E-state index in [9.17, 15) is 32.9 Å². The Balaban J connectivity index is 1.59. The van der Waals surface area contributed by atoms with Gasteiger partial charge in [-0.05, 0) is 64.0 Å². The van der Waals surface area contributed by atoms with Crippen molar-refractivity contribution in [2.45, 2.75) is 6.18 Å². The fraction of sp³-hybridized carbons (Fsp3) is 0.0435. The Kier molecular flexibility index (Phi) is 6.31. The lowest BCUT2D eigenvalue weighted by atomic mass is 10.1. The third-order valence-corrected chi connectivity index (χ3v) is 5.50. The van der Waals surface area contributed by atoms with E-state index in [1.54, 1.807) is 30.3 Å². The van der Waals surface area contributed by atoms with Gasteiger partial charge >= 0.3 is 11.9 Å². The molecule has 1 N–H and O–H groups in total. The Morgan fingerprint density at radius 1 is 1.00 bits per heavy atom. The van der Waals surface area contributed by atoms with Crippen LogP contribution in [0.5, 0.6) is 11.5 Å². The second-order valence-corrected chi connectivity index (χ2v) is 8.06. The topological polar surface area (TPSA) is 102 Å². The summed E-state index contributed by atoms with van der Waals surface area (Å²) < 4.78 is 44.5. The highest BCUT2D eigenvalue weighted by molar-refractivity contribution is 9.10. The van der Waals surface area contributed by atoms with Crippen LogP contribution in [0, 0.1) is 10.1 Å². The molecule has 178 valence electrons. The van der Waals surface area contributed by atoms with Gasteiger partial charge in [0.2, 0.25) is 5.75 Å². The molecule has 0 spiro atoms. The molecule has 3 aromatic carbocycles. The predicted molar refractivity (Wildman–Crippen MR) is 122 cm³/mol. The first-order chi connectivity index (χ1) is 16.5. The van der Waals surface area contributed by atoms with Crippen molar-refractivity contribution in [3.8, 4) is 11.5 Å². The minimum absolute atomic E-state index is 0.0723. The number of carbonyl (C=O) groups excluding carboxylic acids is 2. The highest BCUT2D eigenvalue weighted by Gasteiger charge is 2.35. The van der Waals surface area contributed by atoms with E-state index in [4.69, 9.17) is 4.74 Å². The summed E-state index contributed by atoms with van der Waals surface area (Å²) in [7, 11) is 0. The Labute approximate surface area is 203 Å². The van der Waals surface area contributed by atoms with Crippen molar-refractivity contribution >= 4 is 45.2 Å². The molecule has 0 atom stereocenters. The summed E-state index contributed by atoms with van der Waals surface area (Å²) in [6.07, 6.45) is -3.39. The zero-order valence-electron chi connectivity index (χ0n) is 17.4. The van der Waals surface area contributed by atoms with Gasteiger partial charge in [0.05, 0.1) is 20.6 Å². The zero-order valence-corrected chi connectivity index (χ0v) is 19.0. The molecule has 0 radical (unpaired) electrons. The van der Waals surface area contributed by atoms with Crippen molar-refractivity contribution in [1.29, 1.82) is 0 Å². The summed E-state index contributed by atoms with van der Waals surface area (Å²) >= 11 is 3.24. The third kappa shape index (κ3) is 5.01. The van der Waals surface area contributed by atoms with E-state index >= 15 is 0 Å². The van der Waals surface area contributed by atoms with Crippen LogP contribution in [0.3, 0.4) is 0 Å². The number of rotatable bonds is 5. The molecule has 8 nitrogen and oxygen atoms in total. The summed E-state index contributed by atoms with van der Waals surface area (Å²) in [6, 6.07) is 14.8. The van der Waals surface area contributed by atoms with Gasteiger partial charge in [0, 0.05) is 6.07 Å². The highest BCUT2D eigenvalue weighted by Crippen LogP contribution is 2.39. The number of hydrogen-bond acceptors (Lipinski definition) is 5. The number of benzene rings is 3. The number of anilines is 1. The van der Waals surface area contributed by atoms with Crippen molar-refractivity contribution in [2.75, 3.05) is 5.01 Å². The molecule has 1 aliphatic rings. The van der Waals surface area contributed by atoms with E-state index in [1.807, 2.05) is 0 Å². The normalized spacial score (nSPS) is 14.9. The second kappa shape index (κ2) is 9.22. The summed E-state index contributed by atoms with van der Waals surface area (Å²) in [5, 5.41) is 12.4.